The van der Waals surface area contributed by atoms with Crippen LogP contribution in [0.2, 0.25) is 0 Å². The second kappa shape index (κ2) is 7.36. The van der Waals surface area contributed by atoms with Crippen molar-refractivity contribution in [3.8, 4) is 0 Å². The van der Waals surface area contributed by atoms with Gasteiger partial charge in [0, 0.05) is 6.61 Å². The Morgan fingerprint density at radius 1 is 1.39 bits per heavy atom. The van der Waals surface area contributed by atoms with Gasteiger partial charge < -0.3 is 14.8 Å². The van der Waals surface area contributed by atoms with Gasteiger partial charge in [-0.15, -0.1) is 0 Å². The molecule has 5 heteroatoms. The molecule has 1 fully saturated rings. The first kappa shape index (κ1) is 15.0. The van der Waals surface area contributed by atoms with Gasteiger partial charge in [0.05, 0.1) is 7.11 Å². The third-order valence-corrected chi connectivity index (χ3v) is 2.98. The summed E-state index contributed by atoms with van der Waals surface area (Å²) < 4.78 is 10.1. The van der Waals surface area contributed by atoms with Crippen LogP contribution < -0.4 is 5.32 Å². The van der Waals surface area contributed by atoms with Crippen molar-refractivity contribution in [3.63, 3.8) is 0 Å². The summed E-state index contributed by atoms with van der Waals surface area (Å²) in [6, 6.07) is -0.576. The molecule has 1 heterocycles. The van der Waals surface area contributed by atoms with Crippen molar-refractivity contribution in [2.24, 2.45) is 5.92 Å². The lowest BCUT2D eigenvalue weighted by molar-refractivity contribution is -0.148. The SMILES string of the molecule is COC(=O)C(CC(C)C)NC(=O)C1CCCCO1. The first-order valence-electron chi connectivity index (χ1n) is 6.54. The molecule has 0 aromatic heterocycles. The van der Waals surface area contributed by atoms with E-state index in [0.29, 0.717) is 18.9 Å². The molecule has 18 heavy (non-hydrogen) atoms. The maximum Gasteiger partial charge on any atom is 0.328 e. The molecular weight excluding hydrogens is 234 g/mol. The quantitative estimate of drug-likeness (QED) is 0.753. The van der Waals surface area contributed by atoms with E-state index >= 15 is 0 Å². The molecule has 1 N–H and O–H groups in total. The van der Waals surface area contributed by atoms with Crippen LogP contribution >= 0.6 is 0 Å². The third kappa shape index (κ3) is 4.64. The second-order valence-corrected chi connectivity index (χ2v) is 5.07. The maximum atomic E-state index is 12.0. The number of amides is 1. The van der Waals surface area contributed by atoms with Crippen molar-refractivity contribution >= 4 is 11.9 Å². The predicted octanol–water partition coefficient (Wildman–Crippen LogP) is 1.26. The fourth-order valence-electron chi connectivity index (χ4n) is 2.04. The average molecular weight is 257 g/mol. The number of methoxy groups -OCH3 is 1. The standard InChI is InChI=1S/C13H23NO4/c1-9(2)8-10(13(16)17-3)14-12(15)11-6-4-5-7-18-11/h9-11H,4-8H2,1-3H3,(H,14,15). The minimum absolute atomic E-state index is 0.203. The Labute approximate surface area is 108 Å². The fourth-order valence-corrected chi connectivity index (χ4v) is 2.04. The number of carbonyl (C=O) groups is 2. The van der Waals surface area contributed by atoms with Crippen LogP contribution in [0, 0.1) is 5.92 Å². The molecule has 1 aliphatic rings. The number of esters is 1. The van der Waals surface area contributed by atoms with Crippen LogP contribution in [0.4, 0.5) is 0 Å². The van der Waals surface area contributed by atoms with E-state index in [0.717, 1.165) is 19.3 Å². The van der Waals surface area contributed by atoms with Crippen molar-refractivity contribution in [1.29, 1.82) is 0 Å². The summed E-state index contributed by atoms with van der Waals surface area (Å²) >= 11 is 0. The largest absolute Gasteiger partial charge is 0.467 e. The number of ether oxygens (including phenoxy) is 2. The Morgan fingerprint density at radius 2 is 2.11 bits per heavy atom. The molecule has 2 unspecified atom stereocenters. The highest BCUT2D eigenvalue weighted by molar-refractivity contribution is 5.86. The monoisotopic (exact) mass is 257 g/mol. The van der Waals surface area contributed by atoms with Crippen LogP contribution in [-0.4, -0.2) is 37.7 Å². The van der Waals surface area contributed by atoms with Crippen LogP contribution in [-0.2, 0) is 19.1 Å². The lowest BCUT2D eigenvalue weighted by atomic mass is 10.0. The van der Waals surface area contributed by atoms with Gasteiger partial charge in [-0.2, -0.15) is 0 Å². The second-order valence-electron chi connectivity index (χ2n) is 5.07. The first-order valence-corrected chi connectivity index (χ1v) is 6.54. The average Bonchev–Trinajstić information content (AvgIpc) is 2.37. The van der Waals surface area contributed by atoms with Crippen LogP contribution in [0.1, 0.15) is 39.5 Å². The van der Waals surface area contributed by atoms with E-state index in [2.05, 4.69) is 5.32 Å². The van der Waals surface area contributed by atoms with Crippen molar-refractivity contribution in [3.05, 3.63) is 0 Å². The summed E-state index contributed by atoms with van der Waals surface area (Å²) in [6.07, 6.45) is 2.87. The van der Waals surface area contributed by atoms with E-state index in [9.17, 15) is 9.59 Å². The number of hydrogen-bond acceptors (Lipinski definition) is 4. The number of rotatable bonds is 5. The minimum Gasteiger partial charge on any atom is -0.467 e. The summed E-state index contributed by atoms with van der Waals surface area (Å²) in [5.41, 5.74) is 0. The molecule has 0 aliphatic carbocycles. The van der Waals surface area contributed by atoms with E-state index in [1.54, 1.807) is 0 Å². The highest BCUT2D eigenvalue weighted by Gasteiger charge is 2.28. The van der Waals surface area contributed by atoms with Gasteiger partial charge in [-0.1, -0.05) is 13.8 Å². The summed E-state index contributed by atoms with van der Waals surface area (Å²) in [4.78, 5) is 23.6. The van der Waals surface area contributed by atoms with Crippen molar-refractivity contribution in [2.45, 2.75) is 51.7 Å². The predicted molar refractivity (Wildman–Crippen MR) is 67.0 cm³/mol. The Hall–Kier alpha value is -1.10. The van der Waals surface area contributed by atoms with Gasteiger partial charge in [0.15, 0.2) is 0 Å². The van der Waals surface area contributed by atoms with Gasteiger partial charge in [-0.25, -0.2) is 4.79 Å². The van der Waals surface area contributed by atoms with E-state index in [1.165, 1.54) is 7.11 Å². The van der Waals surface area contributed by atoms with E-state index in [-0.39, 0.29) is 5.91 Å². The topological polar surface area (TPSA) is 64.6 Å². The molecule has 1 amide bonds. The van der Waals surface area contributed by atoms with Crippen LogP contribution in [0.5, 0.6) is 0 Å². The molecule has 2 atom stereocenters. The molecule has 0 aromatic rings. The summed E-state index contributed by atoms with van der Waals surface area (Å²) in [5, 5.41) is 2.73. The zero-order chi connectivity index (χ0) is 13.5. The third-order valence-electron chi connectivity index (χ3n) is 2.98. The van der Waals surface area contributed by atoms with Gasteiger partial charge in [-0.3, -0.25) is 4.79 Å². The first-order chi connectivity index (χ1) is 8.54. The zero-order valence-electron chi connectivity index (χ0n) is 11.4. The normalized spacial score (nSPS) is 21.4. The van der Waals surface area contributed by atoms with Crippen molar-refractivity contribution in [1.82, 2.24) is 5.32 Å². The highest BCUT2D eigenvalue weighted by atomic mass is 16.5. The molecule has 1 rings (SSSR count). The fraction of sp³-hybridized carbons (Fsp3) is 0.846. The molecule has 5 nitrogen and oxygen atoms in total. The molecule has 0 bridgehead atoms. The van der Waals surface area contributed by atoms with Crippen LogP contribution in [0.15, 0.2) is 0 Å². The molecular formula is C13H23NO4. The lowest BCUT2D eigenvalue weighted by Crippen LogP contribution is -2.47. The lowest BCUT2D eigenvalue weighted by Gasteiger charge is -2.25. The Morgan fingerprint density at radius 3 is 2.61 bits per heavy atom. The molecule has 0 spiro atoms. The molecule has 0 saturated carbocycles. The number of nitrogens with one attached hydrogen (secondary N) is 1. The minimum atomic E-state index is -0.576. The zero-order valence-corrected chi connectivity index (χ0v) is 11.4. The molecule has 0 radical (unpaired) electrons. The van der Waals surface area contributed by atoms with Gasteiger partial charge in [0.25, 0.3) is 0 Å². The number of carbonyl (C=O) groups excluding carboxylic acids is 2. The smallest absolute Gasteiger partial charge is 0.328 e. The summed E-state index contributed by atoms with van der Waals surface area (Å²) in [5.74, 6) is -0.291. The Kier molecular flexibility index (Phi) is 6.12. The Bertz CT molecular complexity index is 285. The Balaban J connectivity index is 2.52. The summed E-state index contributed by atoms with van der Waals surface area (Å²) in [6.45, 7) is 4.61. The van der Waals surface area contributed by atoms with E-state index in [1.807, 2.05) is 13.8 Å². The highest BCUT2D eigenvalue weighted by Crippen LogP contribution is 2.14. The van der Waals surface area contributed by atoms with E-state index in [4.69, 9.17) is 9.47 Å². The van der Waals surface area contributed by atoms with Crippen molar-refractivity contribution in [2.75, 3.05) is 13.7 Å². The van der Waals surface area contributed by atoms with Gasteiger partial charge in [0.2, 0.25) is 5.91 Å². The molecule has 1 saturated heterocycles. The van der Waals surface area contributed by atoms with Gasteiger partial charge in [-0.05, 0) is 31.6 Å². The van der Waals surface area contributed by atoms with Gasteiger partial charge >= 0.3 is 5.97 Å². The van der Waals surface area contributed by atoms with Gasteiger partial charge in [0.1, 0.15) is 12.1 Å². The van der Waals surface area contributed by atoms with Crippen molar-refractivity contribution < 1.29 is 19.1 Å². The molecule has 104 valence electrons. The molecule has 0 aromatic carbocycles. The summed E-state index contributed by atoms with van der Waals surface area (Å²) in [7, 11) is 1.33. The van der Waals surface area contributed by atoms with Crippen LogP contribution in [0.25, 0.3) is 0 Å². The van der Waals surface area contributed by atoms with Crippen LogP contribution in [0.3, 0.4) is 0 Å². The molecule has 1 aliphatic heterocycles. The maximum absolute atomic E-state index is 12.0. The number of hydrogen-bond donors (Lipinski definition) is 1. The van der Waals surface area contributed by atoms with E-state index < -0.39 is 18.1 Å².